The number of benzene rings is 2. The van der Waals surface area contributed by atoms with Gasteiger partial charge in [-0.05, 0) is 40.8 Å². The van der Waals surface area contributed by atoms with Crippen LogP contribution in [0.3, 0.4) is 0 Å². The second-order valence-corrected chi connectivity index (χ2v) is 5.19. The molecule has 120 valence electrons. The van der Waals surface area contributed by atoms with E-state index in [4.69, 9.17) is 11.6 Å². The predicted molar refractivity (Wildman–Crippen MR) is 90.2 cm³/mol. The number of tetrazole rings is 1. The van der Waals surface area contributed by atoms with E-state index in [0.717, 1.165) is 5.69 Å². The van der Waals surface area contributed by atoms with Crippen molar-refractivity contribution in [1.29, 1.82) is 0 Å². The summed E-state index contributed by atoms with van der Waals surface area (Å²) in [5.41, 5.74) is 1.31. The summed E-state index contributed by atoms with van der Waals surface area (Å²) in [5.74, 6) is -0.552. The van der Waals surface area contributed by atoms with Crippen LogP contribution in [0, 0.1) is 0 Å². The van der Waals surface area contributed by atoms with Gasteiger partial charge >= 0.3 is 5.97 Å². The summed E-state index contributed by atoms with van der Waals surface area (Å²) in [6, 6.07) is 13.9. The van der Waals surface area contributed by atoms with Gasteiger partial charge in [0.2, 0.25) is 0 Å². The van der Waals surface area contributed by atoms with E-state index in [1.54, 1.807) is 17.0 Å². The molecule has 1 heterocycles. The highest BCUT2D eigenvalue weighted by atomic mass is 35.5. The van der Waals surface area contributed by atoms with Crippen molar-refractivity contribution in [1.82, 2.24) is 20.2 Å². The zero-order valence-corrected chi connectivity index (χ0v) is 13.1. The van der Waals surface area contributed by atoms with Crippen LogP contribution in [0.5, 0.6) is 0 Å². The van der Waals surface area contributed by atoms with Gasteiger partial charge < -0.3 is 10.4 Å². The minimum absolute atomic E-state index is 0.117. The Hall–Kier alpha value is -3.19. The van der Waals surface area contributed by atoms with Crippen molar-refractivity contribution in [2.75, 3.05) is 5.32 Å². The number of aromatic carboxylic acids is 1. The van der Waals surface area contributed by atoms with Crippen LogP contribution < -0.4 is 5.32 Å². The van der Waals surface area contributed by atoms with Gasteiger partial charge in [-0.2, -0.15) is 4.68 Å². The Morgan fingerprint density at radius 2 is 2.00 bits per heavy atom. The smallest absolute Gasteiger partial charge is 0.337 e. The molecule has 0 atom stereocenters. The lowest BCUT2D eigenvalue weighted by Gasteiger charge is -2.06. The van der Waals surface area contributed by atoms with E-state index in [1.807, 2.05) is 30.3 Å². The Morgan fingerprint density at radius 3 is 2.75 bits per heavy atom. The molecule has 0 aliphatic rings. The van der Waals surface area contributed by atoms with Gasteiger partial charge in [-0.15, -0.1) is 5.10 Å². The fourth-order valence-electron chi connectivity index (χ4n) is 2.08. The minimum Gasteiger partial charge on any atom is -0.478 e. The number of nitrogens with zero attached hydrogens (tertiary/aromatic N) is 4. The van der Waals surface area contributed by atoms with Gasteiger partial charge in [0.1, 0.15) is 0 Å². The number of rotatable bonds is 5. The van der Waals surface area contributed by atoms with E-state index in [1.165, 1.54) is 18.2 Å². The second-order valence-electron chi connectivity index (χ2n) is 4.76. The van der Waals surface area contributed by atoms with Crippen LogP contribution in [0.4, 0.5) is 5.69 Å². The fraction of sp³-hybridized carbons (Fsp3) is 0. The molecule has 3 aromatic rings. The summed E-state index contributed by atoms with van der Waals surface area (Å²) >= 11 is 5.91. The largest absolute Gasteiger partial charge is 0.478 e. The fourth-order valence-corrected chi connectivity index (χ4v) is 2.25. The molecular weight excluding hydrogens is 330 g/mol. The number of hydrogen-bond acceptors (Lipinski definition) is 5. The quantitative estimate of drug-likeness (QED) is 0.740. The molecule has 0 fully saturated rings. The highest BCUT2D eigenvalue weighted by molar-refractivity contribution is 6.31. The Labute approximate surface area is 142 Å². The summed E-state index contributed by atoms with van der Waals surface area (Å²) in [4.78, 5) is 11.2. The summed E-state index contributed by atoms with van der Waals surface area (Å²) in [5, 5.41) is 24.0. The molecule has 0 saturated carbocycles. The molecule has 2 N–H and O–H groups in total. The van der Waals surface area contributed by atoms with Crippen molar-refractivity contribution in [3.8, 4) is 5.69 Å². The maximum absolute atomic E-state index is 11.2. The number of carboxylic acid groups (broad SMARTS) is 1. The number of carboxylic acids is 1. The highest BCUT2D eigenvalue weighted by Crippen LogP contribution is 2.21. The van der Waals surface area contributed by atoms with E-state index in [-0.39, 0.29) is 5.56 Å². The van der Waals surface area contributed by atoms with Gasteiger partial charge in [0.15, 0.2) is 5.82 Å². The molecule has 0 amide bonds. The number of aromatic nitrogens is 4. The van der Waals surface area contributed by atoms with Gasteiger partial charge in [-0.1, -0.05) is 29.8 Å². The van der Waals surface area contributed by atoms with Crippen molar-refractivity contribution in [2.45, 2.75) is 0 Å². The summed E-state index contributed by atoms with van der Waals surface area (Å²) < 4.78 is 1.56. The molecule has 8 heteroatoms. The van der Waals surface area contributed by atoms with Gasteiger partial charge in [-0.3, -0.25) is 0 Å². The Balaban J connectivity index is 1.83. The van der Waals surface area contributed by atoms with E-state index in [9.17, 15) is 9.90 Å². The first-order chi connectivity index (χ1) is 11.6. The molecule has 24 heavy (non-hydrogen) atoms. The number of halogens is 1. The number of anilines is 1. The molecule has 0 spiro atoms. The number of para-hydroxylation sites is 1. The summed E-state index contributed by atoms with van der Waals surface area (Å²) in [6.07, 6.45) is 3.20. The normalized spacial score (nSPS) is 10.9. The molecule has 0 saturated heterocycles. The number of nitrogens with one attached hydrogen (secondary N) is 1. The SMILES string of the molecule is O=C(O)c1ccc(Cl)cc1N/C=C\c1nnnn1-c1ccccc1. The minimum atomic E-state index is -1.04. The van der Waals surface area contributed by atoms with Crippen LogP contribution in [0.1, 0.15) is 16.2 Å². The maximum Gasteiger partial charge on any atom is 0.337 e. The monoisotopic (exact) mass is 341 g/mol. The van der Waals surface area contributed by atoms with Gasteiger partial charge in [0.25, 0.3) is 0 Å². The molecule has 0 unspecified atom stereocenters. The zero-order chi connectivity index (χ0) is 16.9. The lowest BCUT2D eigenvalue weighted by Crippen LogP contribution is -2.02. The summed E-state index contributed by atoms with van der Waals surface area (Å²) in [7, 11) is 0. The van der Waals surface area contributed by atoms with E-state index >= 15 is 0 Å². The average molecular weight is 342 g/mol. The van der Waals surface area contributed by atoms with E-state index in [0.29, 0.717) is 16.5 Å². The third-order valence-electron chi connectivity index (χ3n) is 3.18. The third-order valence-corrected chi connectivity index (χ3v) is 3.41. The standard InChI is InChI=1S/C16H12ClN5O2/c17-11-6-7-13(16(23)24)14(10-11)18-9-8-15-19-20-21-22(15)12-4-2-1-3-5-12/h1-10,18H,(H,23,24)/b9-8-. The van der Waals surface area contributed by atoms with Crippen LogP contribution in [0.15, 0.2) is 54.7 Å². The van der Waals surface area contributed by atoms with Gasteiger partial charge in [-0.25, -0.2) is 4.79 Å². The molecule has 3 rings (SSSR count). The first-order valence-corrected chi connectivity index (χ1v) is 7.32. The lowest BCUT2D eigenvalue weighted by atomic mass is 10.2. The Morgan fingerprint density at radius 1 is 1.21 bits per heavy atom. The molecule has 2 aromatic carbocycles. The van der Waals surface area contributed by atoms with E-state index < -0.39 is 5.97 Å². The van der Waals surface area contributed by atoms with Crippen LogP contribution >= 0.6 is 11.6 Å². The van der Waals surface area contributed by atoms with Crippen molar-refractivity contribution >= 4 is 29.3 Å². The van der Waals surface area contributed by atoms with Gasteiger partial charge in [0, 0.05) is 17.3 Å². The molecular formula is C16H12ClN5O2. The van der Waals surface area contributed by atoms with Crippen molar-refractivity contribution in [3.63, 3.8) is 0 Å². The van der Waals surface area contributed by atoms with Crippen molar-refractivity contribution in [3.05, 3.63) is 71.1 Å². The molecule has 1 aromatic heterocycles. The highest BCUT2D eigenvalue weighted by Gasteiger charge is 2.09. The first kappa shape index (κ1) is 15.7. The third kappa shape index (κ3) is 3.41. The molecule has 0 aliphatic carbocycles. The molecule has 0 bridgehead atoms. The second kappa shape index (κ2) is 6.93. The van der Waals surface area contributed by atoms with Crippen molar-refractivity contribution in [2.24, 2.45) is 0 Å². The Kier molecular flexibility index (Phi) is 4.53. The van der Waals surface area contributed by atoms with Crippen LogP contribution in [0.25, 0.3) is 11.8 Å². The first-order valence-electron chi connectivity index (χ1n) is 6.95. The van der Waals surface area contributed by atoms with E-state index in [2.05, 4.69) is 20.8 Å². The summed E-state index contributed by atoms with van der Waals surface area (Å²) in [6.45, 7) is 0. The molecule has 0 aliphatic heterocycles. The van der Waals surface area contributed by atoms with Crippen molar-refractivity contribution < 1.29 is 9.90 Å². The van der Waals surface area contributed by atoms with Crippen LogP contribution in [-0.2, 0) is 0 Å². The predicted octanol–water partition coefficient (Wildman–Crippen LogP) is 3.10. The molecule has 0 radical (unpaired) electrons. The number of carbonyl (C=O) groups is 1. The lowest BCUT2D eigenvalue weighted by molar-refractivity contribution is 0.0698. The average Bonchev–Trinajstić information content (AvgIpc) is 3.04. The topological polar surface area (TPSA) is 92.9 Å². The molecule has 7 nitrogen and oxygen atoms in total. The number of hydrogen-bond donors (Lipinski definition) is 2. The van der Waals surface area contributed by atoms with Crippen LogP contribution in [-0.4, -0.2) is 31.3 Å². The van der Waals surface area contributed by atoms with Crippen LogP contribution in [0.2, 0.25) is 5.02 Å². The maximum atomic E-state index is 11.2. The van der Waals surface area contributed by atoms with Gasteiger partial charge in [0.05, 0.1) is 16.9 Å². The Bertz CT molecular complexity index is 892. The zero-order valence-electron chi connectivity index (χ0n) is 12.3.